The summed E-state index contributed by atoms with van der Waals surface area (Å²) in [4.78, 5) is 0. The van der Waals surface area contributed by atoms with Crippen LogP contribution in [0.15, 0.2) is 18.3 Å². The molecule has 1 aromatic heterocycles. The highest BCUT2D eigenvalue weighted by Crippen LogP contribution is 2.19. The number of benzene rings is 1. The monoisotopic (exact) mass is 285 g/mol. The fourth-order valence-corrected chi connectivity index (χ4v) is 2.74. The van der Waals surface area contributed by atoms with E-state index >= 15 is 0 Å². The number of hydrogen-bond donors (Lipinski definition) is 1. The van der Waals surface area contributed by atoms with Crippen molar-refractivity contribution in [1.29, 1.82) is 0 Å². The number of nitrogens with one attached hydrogen (secondary N) is 1. The maximum Gasteiger partial charge on any atom is 0.0667 e. The van der Waals surface area contributed by atoms with Gasteiger partial charge in [-0.05, 0) is 44.4 Å². The lowest BCUT2D eigenvalue weighted by Gasteiger charge is -2.13. The third-order valence-electron chi connectivity index (χ3n) is 4.05. The molecule has 3 nitrogen and oxygen atoms in total. The van der Waals surface area contributed by atoms with Crippen LogP contribution in [0, 0.1) is 27.7 Å². The third kappa shape index (κ3) is 3.73. The average Bonchev–Trinajstić information content (AvgIpc) is 2.72. The van der Waals surface area contributed by atoms with E-state index in [9.17, 15) is 0 Å². The molecule has 0 spiro atoms. The fraction of sp³-hybridized carbons (Fsp3) is 0.500. The first-order chi connectivity index (χ1) is 9.88. The zero-order chi connectivity index (χ0) is 15.6. The van der Waals surface area contributed by atoms with Gasteiger partial charge in [-0.3, -0.25) is 4.68 Å². The Balaban J connectivity index is 2.21. The standard InChI is InChI=1S/C18H27N3/c1-12(2)19-9-17-10-20-21(16(17)6)11-18-14(4)7-13(3)8-15(18)5/h7-8,10,12,19H,9,11H2,1-6H3. The zero-order valence-corrected chi connectivity index (χ0v) is 14.1. The first kappa shape index (κ1) is 15.8. The van der Waals surface area contributed by atoms with Crippen molar-refractivity contribution in [3.05, 3.63) is 51.8 Å². The van der Waals surface area contributed by atoms with E-state index in [4.69, 9.17) is 0 Å². The molecule has 21 heavy (non-hydrogen) atoms. The first-order valence-corrected chi connectivity index (χ1v) is 7.70. The van der Waals surface area contributed by atoms with Crippen LogP contribution in [0.25, 0.3) is 0 Å². The molecule has 1 N–H and O–H groups in total. The Morgan fingerprint density at radius 1 is 1.10 bits per heavy atom. The molecule has 114 valence electrons. The van der Waals surface area contributed by atoms with E-state index in [1.54, 1.807) is 0 Å². The van der Waals surface area contributed by atoms with Crippen molar-refractivity contribution < 1.29 is 0 Å². The molecular formula is C18H27N3. The van der Waals surface area contributed by atoms with Gasteiger partial charge in [0, 0.05) is 23.8 Å². The highest BCUT2D eigenvalue weighted by atomic mass is 15.3. The normalized spacial score (nSPS) is 11.4. The molecule has 0 saturated heterocycles. The van der Waals surface area contributed by atoms with Gasteiger partial charge in [-0.25, -0.2) is 0 Å². The fourth-order valence-electron chi connectivity index (χ4n) is 2.74. The lowest BCUT2D eigenvalue weighted by atomic mass is 10.00. The molecule has 0 aliphatic rings. The molecule has 0 unspecified atom stereocenters. The van der Waals surface area contributed by atoms with Gasteiger partial charge in [0.15, 0.2) is 0 Å². The quantitative estimate of drug-likeness (QED) is 0.908. The molecule has 0 saturated carbocycles. The van der Waals surface area contributed by atoms with Crippen molar-refractivity contribution in [3.63, 3.8) is 0 Å². The minimum Gasteiger partial charge on any atom is -0.310 e. The Morgan fingerprint density at radius 3 is 2.29 bits per heavy atom. The Labute approximate surface area is 128 Å². The molecule has 0 fully saturated rings. The van der Waals surface area contributed by atoms with Crippen molar-refractivity contribution in [1.82, 2.24) is 15.1 Å². The summed E-state index contributed by atoms with van der Waals surface area (Å²) in [6, 6.07) is 5.00. The van der Waals surface area contributed by atoms with Gasteiger partial charge in [0.25, 0.3) is 0 Å². The molecule has 1 heterocycles. The predicted octanol–water partition coefficient (Wildman–Crippen LogP) is 3.66. The van der Waals surface area contributed by atoms with Crippen LogP contribution in [0.2, 0.25) is 0 Å². The van der Waals surface area contributed by atoms with Crippen LogP contribution in [0.4, 0.5) is 0 Å². The SMILES string of the molecule is Cc1cc(C)c(Cn2ncc(CNC(C)C)c2C)c(C)c1. The lowest BCUT2D eigenvalue weighted by Crippen LogP contribution is -2.22. The first-order valence-electron chi connectivity index (χ1n) is 7.70. The smallest absolute Gasteiger partial charge is 0.0667 e. The summed E-state index contributed by atoms with van der Waals surface area (Å²) in [7, 11) is 0. The van der Waals surface area contributed by atoms with E-state index in [-0.39, 0.29) is 0 Å². The Hall–Kier alpha value is -1.61. The van der Waals surface area contributed by atoms with E-state index < -0.39 is 0 Å². The number of nitrogens with zero attached hydrogens (tertiary/aromatic N) is 2. The van der Waals surface area contributed by atoms with Crippen LogP contribution in [-0.4, -0.2) is 15.8 Å². The summed E-state index contributed by atoms with van der Waals surface area (Å²) in [5.41, 5.74) is 7.95. The summed E-state index contributed by atoms with van der Waals surface area (Å²) < 4.78 is 2.11. The van der Waals surface area contributed by atoms with E-state index in [0.29, 0.717) is 6.04 Å². The molecule has 0 aliphatic carbocycles. The van der Waals surface area contributed by atoms with Gasteiger partial charge in [-0.2, -0.15) is 5.10 Å². The summed E-state index contributed by atoms with van der Waals surface area (Å²) >= 11 is 0. The topological polar surface area (TPSA) is 29.9 Å². The largest absolute Gasteiger partial charge is 0.310 e. The highest BCUT2D eigenvalue weighted by molar-refractivity contribution is 5.37. The third-order valence-corrected chi connectivity index (χ3v) is 4.05. The van der Waals surface area contributed by atoms with E-state index in [1.165, 1.54) is 33.5 Å². The van der Waals surface area contributed by atoms with Gasteiger partial charge in [0.2, 0.25) is 0 Å². The molecule has 1 aromatic carbocycles. The van der Waals surface area contributed by atoms with Crippen molar-refractivity contribution in [2.24, 2.45) is 0 Å². The summed E-state index contributed by atoms with van der Waals surface area (Å²) in [5, 5.41) is 8.03. The second-order valence-corrected chi connectivity index (χ2v) is 6.33. The van der Waals surface area contributed by atoms with Crippen LogP contribution >= 0.6 is 0 Å². The second-order valence-electron chi connectivity index (χ2n) is 6.33. The average molecular weight is 285 g/mol. The summed E-state index contributed by atoms with van der Waals surface area (Å²) in [5.74, 6) is 0. The summed E-state index contributed by atoms with van der Waals surface area (Å²) in [6.45, 7) is 14.8. The lowest BCUT2D eigenvalue weighted by molar-refractivity contribution is 0.585. The Kier molecular flexibility index (Phi) is 4.84. The molecule has 2 rings (SSSR count). The number of aryl methyl sites for hydroxylation is 3. The Morgan fingerprint density at radius 2 is 1.71 bits per heavy atom. The number of rotatable bonds is 5. The maximum absolute atomic E-state index is 4.57. The van der Waals surface area contributed by atoms with Gasteiger partial charge in [0.05, 0.1) is 12.7 Å². The Bertz CT molecular complexity index is 600. The van der Waals surface area contributed by atoms with Crippen molar-refractivity contribution >= 4 is 0 Å². The number of aromatic nitrogens is 2. The minimum absolute atomic E-state index is 0.495. The van der Waals surface area contributed by atoms with Gasteiger partial charge >= 0.3 is 0 Å². The van der Waals surface area contributed by atoms with Crippen LogP contribution < -0.4 is 5.32 Å². The maximum atomic E-state index is 4.57. The minimum atomic E-state index is 0.495. The summed E-state index contributed by atoms with van der Waals surface area (Å²) in [6.07, 6.45) is 1.99. The molecule has 0 amide bonds. The molecule has 3 heteroatoms. The second kappa shape index (κ2) is 6.44. The van der Waals surface area contributed by atoms with Crippen LogP contribution in [0.5, 0.6) is 0 Å². The molecule has 0 atom stereocenters. The van der Waals surface area contributed by atoms with E-state index in [2.05, 4.69) is 68.8 Å². The van der Waals surface area contributed by atoms with Crippen LogP contribution in [-0.2, 0) is 13.1 Å². The van der Waals surface area contributed by atoms with Crippen LogP contribution in [0.3, 0.4) is 0 Å². The molecule has 0 bridgehead atoms. The van der Waals surface area contributed by atoms with Crippen molar-refractivity contribution in [2.45, 2.75) is 60.7 Å². The molecular weight excluding hydrogens is 258 g/mol. The number of hydrogen-bond acceptors (Lipinski definition) is 2. The van der Waals surface area contributed by atoms with Gasteiger partial charge < -0.3 is 5.32 Å². The predicted molar refractivity (Wildman–Crippen MR) is 88.7 cm³/mol. The highest BCUT2D eigenvalue weighted by Gasteiger charge is 2.10. The van der Waals surface area contributed by atoms with E-state index in [1.807, 2.05) is 6.20 Å². The van der Waals surface area contributed by atoms with Gasteiger partial charge in [-0.15, -0.1) is 0 Å². The molecule has 0 radical (unpaired) electrons. The van der Waals surface area contributed by atoms with Gasteiger partial charge in [-0.1, -0.05) is 31.5 Å². The van der Waals surface area contributed by atoms with Crippen LogP contribution in [0.1, 0.15) is 47.4 Å². The van der Waals surface area contributed by atoms with Crippen molar-refractivity contribution in [2.75, 3.05) is 0 Å². The van der Waals surface area contributed by atoms with Crippen molar-refractivity contribution in [3.8, 4) is 0 Å². The molecule has 0 aliphatic heterocycles. The molecule has 2 aromatic rings. The van der Waals surface area contributed by atoms with Gasteiger partial charge in [0.1, 0.15) is 0 Å². The van der Waals surface area contributed by atoms with E-state index in [0.717, 1.165) is 13.1 Å². The zero-order valence-electron chi connectivity index (χ0n) is 14.1.